The number of hydrazone groups is 1. The van der Waals surface area contributed by atoms with Gasteiger partial charge in [0.25, 0.3) is 5.91 Å². The second-order valence-electron chi connectivity index (χ2n) is 4.62. The van der Waals surface area contributed by atoms with E-state index in [0.29, 0.717) is 38.5 Å². The fourth-order valence-corrected chi connectivity index (χ4v) is 2.74. The summed E-state index contributed by atoms with van der Waals surface area (Å²) < 4.78 is 15.8. The summed E-state index contributed by atoms with van der Waals surface area (Å²) in [5.41, 5.74) is 9.25. The molecule has 0 radical (unpaired) electrons. The maximum atomic E-state index is 12.0. The number of methoxy groups -OCH3 is 3. The van der Waals surface area contributed by atoms with Crippen molar-refractivity contribution < 1.29 is 19.0 Å². The van der Waals surface area contributed by atoms with Gasteiger partial charge < -0.3 is 19.9 Å². The molecule has 2 aromatic rings. The molecule has 0 spiro atoms. The van der Waals surface area contributed by atoms with E-state index in [9.17, 15) is 4.79 Å². The van der Waals surface area contributed by atoms with E-state index < -0.39 is 0 Å². The Hall–Kier alpha value is -2.81. The number of hydrogen-bond acceptors (Lipinski definition) is 8. The van der Waals surface area contributed by atoms with Crippen LogP contribution in [0.25, 0.3) is 0 Å². The van der Waals surface area contributed by atoms with Crippen molar-refractivity contribution >= 4 is 28.6 Å². The molecule has 0 aliphatic rings. The highest BCUT2D eigenvalue weighted by atomic mass is 32.1. The summed E-state index contributed by atoms with van der Waals surface area (Å²) >= 11 is 1.11. The van der Waals surface area contributed by atoms with Crippen molar-refractivity contribution in [3.05, 3.63) is 28.3 Å². The van der Waals surface area contributed by atoms with Crippen molar-refractivity contribution in [2.24, 2.45) is 5.10 Å². The smallest absolute Gasteiger partial charge is 0.283 e. The minimum atomic E-state index is -0.370. The van der Waals surface area contributed by atoms with Gasteiger partial charge in [0.2, 0.25) is 5.75 Å². The van der Waals surface area contributed by atoms with Crippen LogP contribution in [-0.4, -0.2) is 38.4 Å². The van der Waals surface area contributed by atoms with Crippen molar-refractivity contribution in [3.63, 3.8) is 0 Å². The molecule has 0 saturated heterocycles. The number of thiazole rings is 1. The van der Waals surface area contributed by atoms with Gasteiger partial charge in [0.1, 0.15) is 4.88 Å². The Labute approximate surface area is 143 Å². The number of aromatic nitrogens is 1. The number of nitrogens with zero attached hydrogens (tertiary/aromatic N) is 2. The lowest BCUT2D eigenvalue weighted by Crippen LogP contribution is -2.17. The van der Waals surface area contributed by atoms with Gasteiger partial charge in [-0.2, -0.15) is 5.10 Å². The number of anilines is 1. The van der Waals surface area contributed by atoms with Crippen molar-refractivity contribution in [1.29, 1.82) is 0 Å². The Bertz CT molecular complexity index is 748. The Morgan fingerprint density at radius 3 is 2.33 bits per heavy atom. The van der Waals surface area contributed by atoms with Crippen molar-refractivity contribution in [3.8, 4) is 17.2 Å². The number of rotatable bonds is 6. The van der Waals surface area contributed by atoms with Gasteiger partial charge in [-0.1, -0.05) is 11.3 Å². The summed E-state index contributed by atoms with van der Waals surface area (Å²) in [6, 6.07) is 3.43. The summed E-state index contributed by atoms with van der Waals surface area (Å²) in [6.07, 6.45) is 1.47. The Morgan fingerprint density at radius 2 is 1.88 bits per heavy atom. The predicted molar refractivity (Wildman–Crippen MR) is 92.4 cm³/mol. The number of nitrogens with one attached hydrogen (secondary N) is 1. The fourth-order valence-electron chi connectivity index (χ4n) is 2.02. The number of hydrogen-bond donors (Lipinski definition) is 2. The fraction of sp³-hybridized carbons (Fsp3) is 0.267. The van der Waals surface area contributed by atoms with Gasteiger partial charge >= 0.3 is 0 Å². The summed E-state index contributed by atoms with van der Waals surface area (Å²) in [5.74, 6) is 1.11. The van der Waals surface area contributed by atoms with Gasteiger partial charge in [-0.15, -0.1) is 0 Å². The first-order valence-corrected chi connectivity index (χ1v) is 7.68. The predicted octanol–water partition coefficient (Wildman–Crippen LogP) is 1.82. The summed E-state index contributed by atoms with van der Waals surface area (Å²) in [4.78, 5) is 16.5. The van der Waals surface area contributed by atoms with Crippen LogP contribution < -0.4 is 25.4 Å². The molecule has 1 heterocycles. The van der Waals surface area contributed by atoms with Gasteiger partial charge in [0.15, 0.2) is 16.6 Å². The van der Waals surface area contributed by atoms with Crippen LogP contribution in [0.15, 0.2) is 17.2 Å². The SMILES string of the molecule is COc1cc(/C=N\NC(=O)c2sc(N)nc2C)cc(OC)c1OC. The first kappa shape index (κ1) is 17.5. The summed E-state index contributed by atoms with van der Waals surface area (Å²) in [7, 11) is 4.57. The average molecular weight is 350 g/mol. The van der Waals surface area contributed by atoms with E-state index >= 15 is 0 Å². The maximum Gasteiger partial charge on any atom is 0.283 e. The molecule has 0 bridgehead atoms. The number of nitrogens with two attached hydrogens (primary N) is 1. The number of nitrogen functional groups attached to an aromatic ring is 1. The number of carbonyl (C=O) groups excluding carboxylic acids is 1. The highest BCUT2D eigenvalue weighted by Gasteiger charge is 2.14. The average Bonchev–Trinajstić information content (AvgIpc) is 2.92. The van der Waals surface area contributed by atoms with Gasteiger partial charge in [0.05, 0.1) is 33.2 Å². The van der Waals surface area contributed by atoms with Crippen LogP contribution in [-0.2, 0) is 0 Å². The van der Waals surface area contributed by atoms with Crippen LogP contribution in [0.2, 0.25) is 0 Å². The standard InChI is InChI=1S/C15H18N4O4S/c1-8-13(24-15(16)18-8)14(20)19-17-7-9-5-10(21-2)12(23-4)11(6-9)22-3/h5-7H,1-4H3,(H2,16,18)(H,19,20)/b17-7-. The monoisotopic (exact) mass is 350 g/mol. The molecule has 0 saturated carbocycles. The lowest BCUT2D eigenvalue weighted by atomic mass is 10.2. The molecular weight excluding hydrogens is 332 g/mol. The molecule has 9 heteroatoms. The van der Waals surface area contributed by atoms with E-state index in [1.54, 1.807) is 19.1 Å². The van der Waals surface area contributed by atoms with E-state index in [0.717, 1.165) is 11.3 Å². The highest BCUT2D eigenvalue weighted by Crippen LogP contribution is 2.37. The van der Waals surface area contributed by atoms with Crippen molar-refractivity contribution in [1.82, 2.24) is 10.4 Å². The molecule has 0 aliphatic carbocycles. The molecule has 1 amide bonds. The number of ether oxygens (including phenoxy) is 3. The van der Waals surface area contributed by atoms with Gasteiger partial charge in [-0.05, 0) is 19.1 Å². The van der Waals surface area contributed by atoms with Crippen LogP contribution in [0.5, 0.6) is 17.2 Å². The van der Waals surface area contributed by atoms with E-state index in [-0.39, 0.29) is 5.91 Å². The van der Waals surface area contributed by atoms with E-state index in [1.807, 2.05) is 0 Å². The molecule has 128 valence electrons. The molecule has 0 unspecified atom stereocenters. The minimum Gasteiger partial charge on any atom is -0.493 e. The molecule has 24 heavy (non-hydrogen) atoms. The summed E-state index contributed by atoms with van der Waals surface area (Å²) in [6.45, 7) is 1.71. The Kier molecular flexibility index (Phi) is 5.59. The van der Waals surface area contributed by atoms with E-state index in [2.05, 4.69) is 15.5 Å². The zero-order valence-corrected chi connectivity index (χ0v) is 14.6. The lowest BCUT2D eigenvalue weighted by Gasteiger charge is -2.12. The lowest BCUT2D eigenvalue weighted by molar-refractivity contribution is 0.0958. The van der Waals surface area contributed by atoms with Gasteiger partial charge in [-0.25, -0.2) is 10.4 Å². The van der Waals surface area contributed by atoms with Crippen LogP contribution in [0.3, 0.4) is 0 Å². The van der Waals surface area contributed by atoms with E-state index in [4.69, 9.17) is 19.9 Å². The number of carbonyl (C=O) groups is 1. The maximum absolute atomic E-state index is 12.0. The molecule has 2 rings (SSSR count). The molecule has 1 aromatic carbocycles. The summed E-state index contributed by atoms with van der Waals surface area (Å²) in [5, 5.41) is 4.28. The molecular formula is C15H18N4O4S. The number of aryl methyl sites for hydroxylation is 1. The van der Waals surface area contributed by atoms with E-state index in [1.165, 1.54) is 27.5 Å². The largest absolute Gasteiger partial charge is 0.493 e. The highest BCUT2D eigenvalue weighted by molar-refractivity contribution is 7.17. The van der Waals surface area contributed by atoms with Crippen LogP contribution in [0, 0.1) is 6.92 Å². The zero-order chi connectivity index (χ0) is 17.7. The van der Waals surface area contributed by atoms with Crippen molar-refractivity contribution in [2.45, 2.75) is 6.92 Å². The molecule has 0 fully saturated rings. The number of amides is 1. The quantitative estimate of drug-likeness (QED) is 0.608. The topological polar surface area (TPSA) is 108 Å². The first-order valence-electron chi connectivity index (χ1n) is 6.86. The molecule has 0 aliphatic heterocycles. The van der Waals surface area contributed by atoms with Crippen LogP contribution >= 0.6 is 11.3 Å². The third-order valence-corrected chi connectivity index (χ3v) is 4.07. The van der Waals surface area contributed by atoms with Gasteiger partial charge in [0, 0.05) is 5.56 Å². The Balaban J connectivity index is 2.17. The third-order valence-electron chi connectivity index (χ3n) is 3.09. The van der Waals surface area contributed by atoms with Crippen LogP contribution in [0.4, 0.5) is 5.13 Å². The van der Waals surface area contributed by atoms with Crippen molar-refractivity contribution in [2.75, 3.05) is 27.1 Å². The minimum absolute atomic E-state index is 0.339. The number of benzene rings is 1. The second-order valence-corrected chi connectivity index (χ2v) is 5.66. The normalized spacial score (nSPS) is 10.7. The van der Waals surface area contributed by atoms with Gasteiger partial charge in [-0.3, -0.25) is 4.79 Å². The second kappa shape index (κ2) is 7.64. The zero-order valence-electron chi connectivity index (χ0n) is 13.7. The first-order chi connectivity index (χ1) is 11.5. The Morgan fingerprint density at radius 1 is 1.25 bits per heavy atom. The molecule has 3 N–H and O–H groups in total. The third kappa shape index (κ3) is 3.74. The molecule has 8 nitrogen and oxygen atoms in total. The molecule has 0 atom stereocenters. The molecule has 1 aromatic heterocycles. The van der Waals surface area contributed by atoms with Crippen LogP contribution in [0.1, 0.15) is 20.9 Å².